The van der Waals surface area contributed by atoms with Crippen LogP contribution < -0.4 is 24.8 Å². The summed E-state index contributed by atoms with van der Waals surface area (Å²) in [7, 11) is -0.127. The third kappa shape index (κ3) is 3.44. The molecule has 2 aromatic rings. The second-order valence-corrected chi connectivity index (χ2v) is 10.8. The largest absolute Gasteiger partial charge is 1.00 e. The van der Waals surface area contributed by atoms with Gasteiger partial charge in [0.1, 0.15) is 0 Å². The van der Waals surface area contributed by atoms with E-state index in [1.807, 2.05) is 0 Å². The topological polar surface area (TPSA) is 0 Å². The van der Waals surface area contributed by atoms with E-state index in [0.29, 0.717) is 5.66 Å². The van der Waals surface area contributed by atoms with Crippen LogP contribution in [0.2, 0.25) is 0 Å². The van der Waals surface area contributed by atoms with Gasteiger partial charge in [0.25, 0.3) is 0 Å². The molecule has 0 saturated heterocycles. The Balaban J connectivity index is 0.000000882. The molecule has 0 radical (unpaired) electrons. The van der Waals surface area contributed by atoms with E-state index in [-0.39, 0.29) is 32.3 Å². The fourth-order valence-electron chi connectivity index (χ4n) is 2.98. The first-order valence-corrected chi connectivity index (χ1v) is 11.0. The van der Waals surface area contributed by atoms with Gasteiger partial charge in [0.05, 0.1) is 0 Å². The van der Waals surface area contributed by atoms with E-state index < -0.39 is 23.2 Å². The molecule has 0 aliphatic heterocycles. The van der Waals surface area contributed by atoms with Gasteiger partial charge in [-0.1, -0.05) is 0 Å². The molecule has 1 heterocycles. The summed E-state index contributed by atoms with van der Waals surface area (Å²) in [6.45, 7) is 0. The van der Waals surface area contributed by atoms with Crippen LogP contribution >= 0.6 is 7.53 Å². The summed E-state index contributed by atoms with van der Waals surface area (Å²) in [5, 5.41) is 0. The van der Waals surface area contributed by atoms with Crippen molar-refractivity contribution in [1.29, 1.82) is 0 Å². The van der Waals surface area contributed by atoms with Crippen molar-refractivity contribution in [2.24, 2.45) is 0 Å². The molecule has 2 aliphatic rings. The van der Waals surface area contributed by atoms with E-state index in [2.05, 4.69) is 72.3 Å². The first-order chi connectivity index (χ1) is 9.92. The van der Waals surface area contributed by atoms with E-state index in [0.717, 1.165) is 0 Å². The van der Waals surface area contributed by atoms with Crippen LogP contribution in [0.25, 0.3) is 6.08 Å². The van der Waals surface area contributed by atoms with E-state index in [9.17, 15) is 0 Å². The van der Waals surface area contributed by atoms with Gasteiger partial charge in [-0.05, 0) is 0 Å². The maximum absolute atomic E-state index is 2.51. The second kappa shape index (κ2) is 7.98. The Morgan fingerprint density at radius 1 is 1.00 bits per heavy atom. The minimum atomic E-state index is -0.587. The number of rotatable bonds is 3. The van der Waals surface area contributed by atoms with Gasteiger partial charge in [-0.2, -0.15) is 0 Å². The summed E-state index contributed by atoms with van der Waals surface area (Å²) in [6, 6.07) is 13.5. The number of benzene rings is 1. The van der Waals surface area contributed by atoms with Gasteiger partial charge in [-0.15, -0.1) is 0 Å². The molecular formula is C18H15Cl2PZr. The van der Waals surface area contributed by atoms with Gasteiger partial charge in [0.15, 0.2) is 0 Å². The molecule has 0 fully saturated rings. The Hall–Kier alpha value is -0.317. The maximum Gasteiger partial charge on any atom is -1.00 e. The van der Waals surface area contributed by atoms with Crippen molar-refractivity contribution >= 4 is 13.6 Å². The molecule has 4 rings (SSSR count). The molecule has 4 heteroatoms. The van der Waals surface area contributed by atoms with E-state index in [1.165, 1.54) is 12.0 Å². The van der Waals surface area contributed by atoms with Crippen molar-refractivity contribution in [3.63, 3.8) is 0 Å². The summed E-state index contributed by atoms with van der Waals surface area (Å²) in [6.07, 6.45) is 10.6. The number of allylic oxidation sites excluding steroid dienone is 5. The first kappa shape index (κ1) is 18.0. The summed E-state index contributed by atoms with van der Waals surface area (Å²) >= 11 is -0.587. The minimum Gasteiger partial charge on any atom is -1.00 e. The summed E-state index contributed by atoms with van der Waals surface area (Å²) in [5.41, 5.74) is 3.71. The standard InChI is InChI=1S/C13H10P.C5H5.2ClH.Zr/c1-2-6-12-11(5-1)7-8-13(12)14-9-3-4-10-14;1-2-4-5-3-1;;;/h1-7,9-10,13H;1-3H,4H2;2*1H;/q;;;;+2/p-2. The molecule has 1 unspecified atom stereocenters. The smallest absolute Gasteiger partial charge is 1.00 e. The quantitative estimate of drug-likeness (QED) is 0.627. The second-order valence-electron chi connectivity index (χ2n) is 5.21. The molecule has 0 bridgehead atoms. The van der Waals surface area contributed by atoms with E-state index in [1.54, 1.807) is 12.1 Å². The molecule has 0 nitrogen and oxygen atoms in total. The molecule has 0 saturated carbocycles. The van der Waals surface area contributed by atoms with Crippen molar-refractivity contribution < 1.29 is 48.0 Å². The minimum absolute atomic E-state index is 0. The molecule has 0 N–H and O–H groups in total. The predicted molar refractivity (Wildman–Crippen MR) is 83.5 cm³/mol. The van der Waals surface area contributed by atoms with Crippen LogP contribution in [-0.4, -0.2) is 0 Å². The average molecular weight is 424 g/mol. The molecular weight excluding hydrogens is 409 g/mol. The molecule has 0 amide bonds. The molecule has 2 aliphatic carbocycles. The number of hydrogen-bond donors (Lipinski definition) is 0. The van der Waals surface area contributed by atoms with Gasteiger partial charge < -0.3 is 24.8 Å². The van der Waals surface area contributed by atoms with Crippen molar-refractivity contribution in [3.8, 4) is 0 Å². The predicted octanol–water partition coefficient (Wildman–Crippen LogP) is -0.449. The first-order valence-electron chi connectivity index (χ1n) is 6.97. The summed E-state index contributed by atoms with van der Waals surface area (Å²) in [4.78, 5) is 0. The van der Waals surface area contributed by atoms with Gasteiger partial charge in [-0.3, -0.25) is 0 Å². The normalized spacial score (nSPS) is 17.7. The summed E-state index contributed by atoms with van der Waals surface area (Å²) < 4.78 is 3.49. The number of fused-ring (bicyclic) bond motifs is 1. The third-order valence-electron chi connectivity index (χ3n) is 3.90. The van der Waals surface area contributed by atoms with E-state index in [4.69, 9.17) is 0 Å². The number of hydrogen-bond acceptors (Lipinski definition) is 0. The molecule has 1 atom stereocenters. The van der Waals surface area contributed by atoms with Crippen LogP contribution in [-0.2, 0) is 23.2 Å². The van der Waals surface area contributed by atoms with Crippen molar-refractivity contribution in [2.45, 2.75) is 12.1 Å². The van der Waals surface area contributed by atoms with Crippen LogP contribution in [0, 0.1) is 0 Å². The van der Waals surface area contributed by atoms with Crippen LogP contribution in [0.4, 0.5) is 0 Å². The van der Waals surface area contributed by atoms with Crippen molar-refractivity contribution in [1.82, 2.24) is 0 Å². The van der Waals surface area contributed by atoms with Crippen LogP contribution in [0.5, 0.6) is 0 Å². The van der Waals surface area contributed by atoms with E-state index >= 15 is 0 Å². The molecule has 0 spiro atoms. The summed E-state index contributed by atoms with van der Waals surface area (Å²) in [5.74, 6) is 4.85. The van der Waals surface area contributed by atoms with Crippen LogP contribution in [0.1, 0.15) is 23.2 Å². The zero-order chi connectivity index (χ0) is 13.4. The zero-order valence-electron chi connectivity index (χ0n) is 11.9. The Kier molecular flexibility index (Phi) is 6.54. The SMILES string of the molecule is C1=CC[C]([Zr+2][C]2=Cc3ccccc3C2p2cccc2)=C1.[Cl-].[Cl-]. The Labute approximate surface area is 156 Å². The van der Waals surface area contributed by atoms with Gasteiger partial charge in [0, 0.05) is 0 Å². The average Bonchev–Trinajstić information content (AvgIpc) is 3.18. The number of halogens is 2. The van der Waals surface area contributed by atoms with Gasteiger partial charge in [0.2, 0.25) is 0 Å². The molecule has 1 aromatic carbocycles. The van der Waals surface area contributed by atoms with Gasteiger partial charge in [-0.25, -0.2) is 0 Å². The maximum atomic E-state index is 2.51. The van der Waals surface area contributed by atoms with Gasteiger partial charge >= 0.3 is 133 Å². The fourth-order valence-corrected chi connectivity index (χ4v) is 9.62. The third-order valence-corrected chi connectivity index (χ3v) is 10.2. The molecule has 110 valence electrons. The fraction of sp³-hybridized carbons (Fsp3) is 0.111. The Morgan fingerprint density at radius 2 is 1.77 bits per heavy atom. The van der Waals surface area contributed by atoms with Crippen molar-refractivity contribution in [3.05, 3.63) is 83.9 Å². The Bertz CT molecular complexity index is 729. The van der Waals surface area contributed by atoms with Crippen LogP contribution in [0.15, 0.2) is 72.8 Å². The molecule has 1 aromatic heterocycles. The monoisotopic (exact) mass is 422 g/mol. The zero-order valence-corrected chi connectivity index (χ0v) is 16.8. The van der Waals surface area contributed by atoms with Crippen molar-refractivity contribution in [2.75, 3.05) is 0 Å². The molecule has 22 heavy (non-hydrogen) atoms. The van der Waals surface area contributed by atoms with Crippen LogP contribution in [0.3, 0.4) is 0 Å². The Morgan fingerprint density at radius 3 is 2.50 bits per heavy atom.